The van der Waals surface area contributed by atoms with Gasteiger partial charge in [0.15, 0.2) is 0 Å². The summed E-state index contributed by atoms with van der Waals surface area (Å²) in [4.78, 5) is 12.4. The zero-order valence-corrected chi connectivity index (χ0v) is 16.2. The van der Waals surface area contributed by atoms with Crippen LogP contribution in [-0.2, 0) is 17.1 Å². The number of halogens is 1. The van der Waals surface area contributed by atoms with E-state index in [4.69, 9.17) is 11.6 Å². The Morgan fingerprint density at radius 3 is 2.41 bits per heavy atom. The van der Waals surface area contributed by atoms with Gasteiger partial charge in [-0.15, -0.1) is 0 Å². The number of carbonyl (C=O) groups is 1. The topological polar surface area (TPSA) is 93.1 Å². The number of aromatic nitrogens is 2. The Kier molecular flexibility index (Phi) is 5.20. The lowest BCUT2D eigenvalue weighted by molar-refractivity contribution is 0.101. The van der Waals surface area contributed by atoms with Crippen molar-refractivity contribution in [2.24, 2.45) is 7.05 Å². The van der Waals surface area contributed by atoms with Crippen LogP contribution in [0, 0.1) is 6.92 Å². The SMILES string of the molecule is Cc1cc(C(=O)Nc2cccc(S(=O)(=O)Nc3ccc(Cl)cc3)c2)n(C)n1. The summed E-state index contributed by atoms with van der Waals surface area (Å²) in [6.45, 7) is 1.78. The van der Waals surface area contributed by atoms with Gasteiger partial charge in [-0.2, -0.15) is 5.10 Å². The van der Waals surface area contributed by atoms with Gasteiger partial charge < -0.3 is 5.32 Å². The summed E-state index contributed by atoms with van der Waals surface area (Å²) in [5.41, 5.74) is 1.84. The number of nitrogens with zero attached hydrogens (tertiary/aromatic N) is 2. The van der Waals surface area contributed by atoms with Crippen LogP contribution in [0.2, 0.25) is 5.02 Å². The number of sulfonamides is 1. The Morgan fingerprint density at radius 2 is 1.78 bits per heavy atom. The molecule has 140 valence electrons. The van der Waals surface area contributed by atoms with Crippen LogP contribution in [0.15, 0.2) is 59.5 Å². The molecule has 1 aromatic heterocycles. The van der Waals surface area contributed by atoms with Gasteiger partial charge in [0.25, 0.3) is 15.9 Å². The Balaban J connectivity index is 1.81. The van der Waals surface area contributed by atoms with Crippen molar-refractivity contribution in [3.8, 4) is 0 Å². The molecule has 27 heavy (non-hydrogen) atoms. The highest BCUT2D eigenvalue weighted by atomic mass is 35.5. The molecule has 0 aliphatic heterocycles. The number of amides is 1. The molecule has 0 saturated carbocycles. The van der Waals surface area contributed by atoms with Crippen LogP contribution in [0.4, 0.5) is 11.4 Å². The van der Waals surface area contributed by atoms with Gasteiger partial charge in [-0.3, -0.25) is 14.2 Å². The van der Waals surface area contributed by atoms with Gasteiger partial charge in [0.1, 0.15) is 5.69 Å². The molecule has 0 aliphatic rings. The molecule has 2 N–H and O–H groups in total. The maximum atomic E-state index is 12.6. The molecule has 3 aromatic rings. The van der Waals surface area contributed by atoms with Gasteiger partial charge in [0.2, 0.25) is 0 Å². The fourth-order valence-electron chi connectivity index (χ4n) is 2.49. The summed E-state index contributed by atoms with van der Waals surface area (Å²) in [6.07, 6.45) is 0. The molecule has 2 aromatic carbocycles. The van der Waals surface area contributed by atoms with Crippen molar-refractivity contribution in [3.05, 3.63) is 71.0 Å². The molecule has 0 atom stereocenters. The van der Waals surface area contributed by atoms with Crippen molar-refractivity contribution in [2.45, 2.75) is 11.8 Å². The second-order valence-corrected chi connectivity index (χ2v) is 8.01. The van der Waals surface area contributed by atoms with E-state index in [1.807, 2.05) is 0 Å². The summed E-state index contributed by atoms with van der Waals surface area (Å²) in [6, 6.07) is 14.0. The number of aryl methyl sites for hydroxylation is 2. The molecule has 0 unspecified atom stereocenters. The maximum Gasteiger partial charge on any atom is 0.273 e. The first kappa shape index (κ1) is 18.9. The van der Waals surface area contributed by atoms with E-state index in [0.29, 0.717) is 27.8 Å². The molecule has 0 radical (unpaired) electrons. The molecule has 0 fully saturated rings. The second kappa shape index (κ2) is 7.42. The summed E-state index contributed by atoms with van der Waals surface area (Å²) in [7, 11) is -2.15. The van der Waals surface area contributed by atoms with Crippen LogP contribution < -0.4 is 10.0 Å². The highest BCUT2D eigenvalue weighted by Gasteiger charge is 2.17. The van der Waals surface area contributed by atoms with Gasteiger partial charge in [0, 0.05) is 23.4 Å². The van der Waals surface area contributed by atoms with Crippen LogP contribution in [0.25, 0.3) is 0 Å². The number of hydrogen-bond acceptors (Lipinski definition) is 4. The van der Waals surface area contributed by atoms with E-state index in [1.54, 1.807) is 56.4 Å². The van der Waals surface area contributed by atoms with Crippen molar-refractivity contribution < 1.29 is 13.2 Å². The number of anilines is 2. The zero-order valence-electron chi connectivity index (χ0n) is 14.6. The largest absolute Gasteiger partial charge is 0.321 e. The van der Waals surface area contributed by atoms with Gasteiger partial charge in [0.05, 0.1) is 10.6 Å². The predicted octanol–water partition coefficient (Wildman–Crippen LogP) is 3.44. The first-order valence-corrected chi connectivity index (χ1v) is 9.81. The van der Waals surface area contributed by atoms with Crippen LogP contribution in [0.1, 0.15) is 16.2 Å². The smallest absolute Gasteiger partial charge is 0.273 e. The van der Waals surface area contributed by atoms with Crippen molar-refractivity contribution in [2.75, 3.05) is 10.0 Å². The molecule has 3 rings (SSSR count). The van der Waals surface area contributed by atoms with Gasteiger partial charge in [-0.25, -0.2) is 8.42 Å². The Labute approximate surface area is 162 Å². The fourth-order valence-corrected chi connectivity index (χ4v) is 3.72. The standard InChI is InChI=1S/C18H17ClN4O3S/c1-12-10-17(23(2)21-12)18(24)20-15-4-3-5-16(11-15)27(25,26)22-14-8-6-13(19)7-9-14/h3-11,22H,1-2H3,(H,20,24). The quantitative estimate of drug-likeness (QED) is 0.681. The lowest BCUT2D eigenvalue weighted by Gasteiger charge is -2.10. The monoisotopic (exact) mass is 404 g/mol. The lowest BCUT2D eigenvalue weighted by atomic mass is 10.3. The number of hydrogen-bond donors (Lipinski definition) is 2. The zero-order chi connectivity index (χ0) is 19.6. The molecule has 1 heterocycles. The van der Waals surface area contributed by atoms with E-state index < -0.39 is 10.0 Å². The minimum Gasteiger partial charge on any atom is -0.321 e. The number of benzene rings is 2. The average Bonchev–Trinajstić information content (AvgIpc) is 2.95. The summed E-state index contributed by atoms with van der Waals surface area (Å²) < 4.78 is 29.1. The number of carbonyl (C=O) groups excluding carboxylic acids is 1. The molecule has 9 heteroatoms. The predicted molar refractivity (Wildman–Crippen MR) is 105 cm³/mol. The van der Waals surface area contributed by atoms with E-state index in [0.717, 1.165) is 0 Å². The summed E-state index contributed by atoms with van der Waals surface area (Å²) in [5, 5.41) is 7.32. The Bertz CT molecular complexity index is 1090. The van der Waals surface area contributed by atoms with Crippen LogP contribution >= 0.6 is 11.6 Å². The first-order valence-electron chi connectivity index (χ1n) is 7.95. The van der Waals surface area contributed by atoms with E-state index >= 15 is 0 Å². The minimum absolute atomic E-state index is 0.0245. The van der Waals surface area contributed by atoms with Crippen molar-refractivity contribution in [1.29, 1.82) is 0 Å². The molecule has 0 aliphatic carbocycles. The van der Waals surface area contributed by atoms with Crippen LogP contribution in [-0.4, -0.2) is 24.1 Å². The van der Waals surface area contributed by atoms with E-state index in [9.17, 15) is 13.2 Å². The Hall–Kier alpha value is -2.84. The van der Waals surface area contributed by atoms with Gasteiger partial charge in [-0.1, -0.05) is 17.7 Å². The van der Waals surface area contributed by atoms with E-state index in [1.165, 1.54) is 16.8 Å². The third-order valence-electron chi connectivity index (χ3n) is 3.73. The molecule has 0 spiro atoms. The van der Waals surface area contributed by atoms with Gasteiger partial charge >= 0.3 is 0 Å². The summed E-state index contributed by atoms with van der Waals surface area (Å²) >= 11 is 5.81. The minimum atomic E-state index is -3.82. The number of nitrogens with one attached hydrogen (secondary N) is 2. The van der Waals surface area contributed by atoms with Crippen molar-refractivity contribution in [3.63, 3.8) is 0 Å². The number of rotatable bonds is 5. The lowest BCUT2D eigenvalue weighted by Crippen LogP contribution is -2.17. The second-order valence-electron chi connectivity index (χ2n) is 5.89. The summed E-state index contributed by atoms with van der Waals surface area (Å²) in [5.74, 6) is -0.377. The molecule has 1 amide bonds. The maximum absolute atomic E-state index is 12.6. The molecule has 7 nitrogen and oxygen atoms in total. The first-order chi connectivity index (χ1) is 12.7. The molecular weight excluding hydrogens is 388 g/mol. The van der Waals surface area contributed by atoms with Crippen LogP contribution in [0.5, 0.6) is 0 Å². The molecule has 0 saturated heterocycles. The fraction of sp³-hybridized carbons (Fsp3) is 0.111. The van der Waals surface area contributed by atoms with Crippen molar-refractivity contribution in [1.82, 2.24) is 9.78 Å². The normalized spacial score (nSPS) is 11.2. The highest BCUT2D eigenvalue weighted by molar-refractivity contribution is 7.92. The Morgan fingerprint density at radius 1 is 1.07 bits per heavy atom. The highest BCUT2D eigenvalue weighted by Crippen LogP contribution is 2.21. The van der Waals surface area contributed by atoms with Gasteiger partial charge in [-0.05, 0) is 55.5 Å². The third kappa shape index (κ3) is 4.47. The van der Waals surface area contributed by atoms with E-state index in [2.05, 4.69) is 15.1 Å². The molecular formula is C18H17ClN4O3S. The van der Waals surface area contributed by atoms with Crippen molar-refractivity contribution >= 4 is 38.9 Å². The molecule has 0 bridgehead atoms. The third-order valence-corrected chi connectivity index (χ3v) is 5.36. The van der Waals surface area contributed by atoms with Crippen LogP contribution in [0.3, 0.4) is 0 Å². The van der Waals surface area contributed by atoms with E-state index in [-0.39, 0.29) is 10.8 Å². The average molecular weight is 405 g/mol.